The first-order valence-corrected chi connectivity index (χ1v) is 5.35. The van der Waals surface area contributed by atoms with E-state index in [0.29, 0.717) is 0 Å². The smallest absolute Gasteiger partial charge is 0.379 e. The molecule has 98 valence electrons. The molecule has 0 amide bonds. The van der Waals surface area contributed by atoms with Crippen LogP contribution in [0, 0.1) is 11.6 Å². The minimum Gasteiger partial charge on any atom is -0.491 e. The van der Waals surface area contributed by atoms with E-state index in [1.807, 2.05) is 0 Å². The van der Waals surface area contributed by atoms with Gasteiger partial charge in [-0.1, -0.05) is 0 Å². The molecule has 0 N–H and O–H groups in total. The molecule has 0 saturated carbocycles. The molecule has 0 aromatic heterocycles. The molecule has 1 aromatic rings. The lowest BCUT2D eigenvalue weighted by molar-refractivity contribution is -0.137. The lowest BCUT2D eigenvalue weighted by Crippen LogP contribution is -2.19. The van der Waals surface area contributed by atoms with Gasteiger partial charge >= 0.3 is 5.97 Å². The van der Waals surface area contributed by atoms with Crippen molar-refractivity contribution < 1.29 is 27.8 Å². The third-order valence-corrected chi connectivity index (χ3v) is 2.05. The van der Waals surface area contributed by atoms with Crippen LogP contribution in [-0.4, -0.2) is 25.0 Å². The van der Waals surface area contributed by atoms with Crippen LogP contribution in [0.1, 0.15) is 24.2 Å². The van der Waals surface area contributed by atoms with Crippen LogP contribution in [0.25, 0.3) is 0 Å². The summed E-state index contributed by atoms with van der Waals surface area (Å²) in [5, 5.41) is 0. The Morgan fingerprint density at radius 2 is 1.78 bits per heavy atom. The second-order valence-corrected chi connectivity index (χ2v) is 3.22. The van der Waals surface area contributed by atoms with Gasteiger partial charge in [0.1, 0.15) is 0 Å². The average molecular weight is 258 g/mol. The fourth-order valence-corrected chi connectivity index (χ4v) is 1.28. The number of carbonyl (C=O) groups is 2. The van der Waals surface area contributed by atoms with Crippen LogP contribution in [0.5, 0.6) is 5.75 Å². The number of halogens is 2. The minimum absolute atomic E-state index is 0.0221. The van der Waals surface area contributed by atoms with Crippen molar-refractivity contribution in [3.05, 3.63) is 29.3 Å². The van der Waals surface area contributed by atoms with Gasteiger partial charge in [0.2, 0.25) is 5.82 Å². The minimum atomic E-state index is -1.42. The molecule has 1 aromatic carbocycles. The Kier molecular flexibility index (Phi) is 4.76. The van der Waals surface area contributed by atoms with Crippen LogP contribution in [0.2, 0.25) is 0 Å². The maximum Gasteiger partial charge on any atom is 0.379 e. The number of Topliss-reactive ketones (excluding diaryl/α,β-unsaturated/α-hetero) is 1. The molecule has 0 aliphatic rings. The average Bonchev–Trinajstić information content (AvgIpc) is 2.35. The number of ketones is 1. The van der Waals surface area contributed by atoms with E-state index in [2.05, 4.69) is 4.74 Å². The molecular weight excluding hydrogens is 246 g/mol. The molecule has 0 spiro atoms. The van der Waals surface area contributed by atoms with E-state index in [9.17, 15) is 18.4 Å². The zero-order valence-corrected chi connectivity index (χ0v) is 9.96. The second-order valence-electron chi connectivity index (χ2n) is 3.22. The molecule has 0 heterocycles. The number of rotatable bonds is 5. The fourth-order valence-electron chi connectivity index (χ4n) is 1.28. The molecular formula is C12H12F2O4. The molecule has 0 aliphatic carbocycles. The predicted octanol–water partition coefficient (Wildman–Crippen LogP) is 2.11. The van der Waals surface area contributed by atoms with Crippen LogP contribution in [0.4, 0.5) is 8.78 Å². The van der Waals surface area contributed by atoms with Crippen LogP contribution in [-0.2, 0) is 9.53 Å². The van der Waals surface area contributed by atoms with Crippen LogP contribution in [0.15, 0.2) is 12.1 Å². The van der Waals surface area contributed by atoms with Gasteiger partial charge < -0.3 is 9.47 Å². The van der Waals surface area contributed by atoms with E-state index >= 15 is 0 Å². The van der Waals surface area contributed by atoms with Crippen molar-refractivity contribution in [2.75, 3.05) is 13.2 Å². The largest absolute Gasteiger partial charge is 0.491 e. The lowest BCUT2D eigenvalue weighted by Gasteiger charge is -2.07. The summed E-state index contributed by atoms with van der Waals surface area (Å²) in [6.45, 7) is 3.24. The third kappa shape index (κ3) is 2.82. The number of hydrogen-bond acceptors (Lipinski definition) is 4. The van der Waals surface area contributed by atoms with Crippen LogP contribution < -0.4 is 4.74 Å². The van der Waals surface area contributed by atoms with E-state index in [4.69, 9.17) is 4.74 Å². The monoisotopic (exact) mass is 258 g/mol. The van der Waals surface area contributed by atoms with E-state index in [0.717, 1.165) is 12.1 Å². The first kappa shape index (κ1) is 14.1. The second kappa shape index (κ2) is 6.09. The van der Waals surface area contributed by atoms with Crippen molar-refractivity contribution in [2.24, 2.45) is 0 Å². The van der Waals surface area contributed by atoms with Crippen molar-refractivity contribution in [2.45, 2.75) is 13.8 Å². The Hall–Kier alpha value is -1.98. The first-order valence-electron chi connectivity index (χ1n) is 5.35. The van der Waals surface area contributed by atoms with Crippen molar-refractivity contribution in [1.29, 1.82) is 0 Å². The summed E-state index contributed by atoms with van der Waals surface area (Å²) >= 11 is 0. The molecule has 0 fully saturated rings. The SMILES string of the molecule is CCOC(=O)C(=O)c1ccc(OCC)c(F)c1F. The third-order valence-electron chi connectivity index (χ3n) is 2.05. The van der Waals surface area contributed by atoms with Crippen molar-refractivity contribution in [3.8, 4) is 5.75 Å². The molecule has 18 heavy (non-hydrogen) atoms. The van der Waals surface area contributed by atoms with E-state index in [1.165, 1.54) is 6.92 Å². The van der Waals surface area contributed by atoms with Crippen LogP contribution >= 0.6 is 0 Å². The molecule has 1 rings (SSSR count). The van der Waals surface area contributed by atoms with Crippen LogP contribution in [0.3, 0.4) is 0 Å². The van der Waals surface area contributed by atoms with Gasteiger partial charge in [0.05, 0.1) is 18.8 Å². The maximum atomic E-state index is 13.6. The molecule has 0 atom stereocenters. The highest BCUT2D eigenvalue weighted by molar-refractivity contribution is 6.40. The summed E-state index contributed by atoms with van der Waals surface area (Å²) in [5.74, 6) is -5.47. The Labute approximate surface area is 103 Å². The number of hydrogen-bond donors (Lipinski definition) is 0. The highest BCUT2D eigenvalue weighted by Gasteiger charge is 2.25. The summed E-state index contributed by atoms with van der Waals surface area (Å²) in [4.78, 5) is 22.6. The molecule has 0 aliphatic heterocycles. The van der Waals surface area contributed by atoms with Crippen molar-refractivity contribution >= 4 is 11.8 Å². The van der Waals surface area contributed by atoms with Gasteiger partial charge in [0.25, 0.3) is 5.78 Å². The maximum absolute atomic E-state index is 13.6. The summed E-state index contributed by atoms with van der Waals surface area (Å²) < 4.78 is 36.2. The van der Waals surface area contributed by atoms with Gasteiger partial charge in [0.15, 0.2) is 11.6 Å². The quantitative estimate of drug-likeness (QED) is 0.461. The van der Waals surface area contributed by atoms with Gasteiger partial charge in [-0.3, -0.25) is 4.79 Å². The first-order chi connectivity index (χ1) is 8.52. The molecule has 6 heteroatoms. The van der Waals surface area contributed by atoms with E-state index < -0.39 is 29.0 Å². The number of carbonyl (C=O) groups excluding carboxylic acids is 2. The standard InChI is InChI=1S/C12H12F2O4/c1-3-17-8-6-5-7(9(13)10(8)14)11(15)12(16)18-4-2/h5-6H,3-4H2,1-2H3. The number of esters is 1. The summed E-state index contributed by atoms with van der Waals surface area (Å²) in [5.41, 5.74) is -0.672. The fraction of sp³-hybridized carbons (Fsp3) is 0.333. The van der Waals surface area contributed by atoms with E-state index in [1.54, 1.807) is 6.92 Å². The molecule has 0 radical (unpaired) electrons. The summed E-state index contributed by atoms with van der Waals surface area (Å²) in [6.07, 6.45) is 0. The number of benzene rings is 1. The Morgan fingerprint density at radius 1 is 1.11 bits per heavy atom. The van der Waals surface area contributed by atoms with Crippen molar-refractivity contribution in [3.63, 3.8) is 0 Å². The summed E-state index contributed by atoms with van der Waals surface area (Å²) in [7, 11) is 0. The highest BCUT2D eigenvalue weighted by Crippen LogP contribution is 2.23. The topological polar surface area (TPSA) is 52.6 Å². The summed E-state index contributed by atoms with van der Waals surface area (Å²) in [6, 6.07) is 2.08. The van der Waals surface area contributed by atoms with Gasteiger partial charge in [-0.2, -0.15) is 4.39 Å². The van der Waals surface area contributed by atoms with E-state index in [-0.39, 0.29) is 19.0 Å². The molecule has 0 saturated heterocycles. The molecule has 4 nitrogen and oxygen atoms in total. The number of ether oxygens (including phenoxy) is 2. The predicted molar refractivity (Wildman–Crippen MR) is 58.5 cm³/mol. The van der Waals surface area contributed by atoms with Gasteiger partial charge in [0, 0.05) is 0 Å². The zero-order valence-electron chi connectivity index (χ0n) is 9.96. The highest BCUT2D eigenvalue weighted by atomic mass is 19.2. The van der Waals surface area contributed by atoms with Gasteiger partial charge in [-0.25, -0.2) is 9.18 Å². The van der Waals surface area contributed by atoms with Crippen molar-refractivity contribution in [1.82, 2.24) is 0 Å². The Morgan fingerprint density at radius 3 is 2.33 bits per heavy atom. The molecule has 0 bridgehead atoms. The molecule has 0 unspecified atom stereocenters. The zero-order chi connectivity index (χ0) is 13.7. The lowest BCUT2D eigenvalue weighted by atomic mass is 10.1. The van der Waals surface area contributed by atoms with Gasteiger partial charge in [-0.05, 0) is 26.0 Å². The Bertz CT molecular complexity index is 471. The normalized spacial score (nSPS) is 10.0. The van der Waals surface area contributed by atoms with Gasteiger partial charge in [-0.15, -0.1) is 0 Å². The Balaban J connectivity index is 3.08.